The zero-order chi connectivity index (χ0) is 23.5. The van der Waals surface area contributed by atoms with Crippen LogP contribution in [0.15, 0.2) is 40.9 Å². The van der Waals surface area contributed by atoms with Crippen molar-refractivity contribution >= 4 is 29.5 Å². The average Bonchev–Trinajstić information content (AvgIpc) is 3.36. The number of carbonyl (C=O) groups excluding carboxylic acids is 2. The third-order valence-corrected chi connectivity index (χ3v) is 6.19. The Morgan fingerprint density at radius 2 is 1.79 bits per heavy atom. The second-order valence-corrected chi connectivity index (χ2v) is 8.52. The Bertz CT molecular complexity index is 1200. The first kappa shape index (κ1) is 22.8. The van der Waals surface area contributed by atoms with Crippen LogP contribution in [0.4, 0.5) is 0 Å². The number of amides is 2. The lowest BCUT2D eigenvalue weighted by molar-refractivity contribution is -0.127. The highest BCUT2D eigenvalue weighted by Crippen LogP contribution is 2.20. The van der Waals surface area contributed by atoms with Gasteiger partial charge in [0.1, 0.15) is 0 Å². The Morgan fingerprint density at radius 1 is 1.09 bits per heavy atom. The number of hydrogen-bond donors (Lipinski definition) is 0. The van der Waals surface area contributed by atoms with Gasteiger partial charge < -0.3 is 14.3 Å². The fourth-order valence-corrected chi connectivity index (χ4v) is 4.10. The SMILES string of the molecule is Cc1cc(C(=O)N2CCN(C(=O)/C=C/c3c(C)nn(Cc4ccccc4Cl)c3C)CC2)on1. The molecule has 8 nitrogen and oxygen atoms in total. The molecule has 1 fully saturated rings. The van der Waals surface area contributed by atoms with E-state index in [1.54, 1.807) is 28.9 Å². The molecule has 1 aliphatic heterocycles. The van der Waals surface area contributed by atoms with Gasteiger partial charge in [-0.05, 0) is 38.5 Å². The van der Waals surface area contributed by atoms with Crippen molar-refractivity contribution in [3.8, 4) is 0 Å². The van der Waals surface area contributed by atoms with Gasteiger partial charge in [0, 0.05) is 54.6 Å². The van der Waals surface area contributed by atoms with Crippen LogP contribution in [-0.2, 0) is 11.3 Å². The van der Waals surface area contributed by atoms with Crippen LogP contribution in [0, 0.1) is 20.8 Å². The Hall–Kier alpha value is -3.39. The first-order chi connectivity index (χ1) is 15.8. The molecule has 3 aromatic rings. The second-order valence-electron chi connectivity index (χ2n) is 8.12. The topological polar surface area (TPSA) is 84.5 Å². The van der Waals surface area contributed by atoms with Crippen LogP contribution >= 0.6 is 11.6 Å². The van der Waals surface area contributed by atoms with Crippen molar-refractivity contribution in [2.24, 2.45) is 0 Å². The summed E-state index contributed by atoms with van der Waals surface area (Å²) >= 11 is 6.29. The van der Waals surface area contributed by atoms with Gasteiger partial charge in [0.2, 0.25) is 11.7 Å². The summed E-state index contributed by atoms with van der Waals surface area (Å²) in [6.45, 7) is 8.07. The van der Waals surface area contributed by atoms with E-state index in [9.17, 15) is 9.59 Å². The zero-order valence-corrected chi connectivity index (χ0v) is 19.7. The quantitative estimate of drug-likeness (QED) is 0.536. The summed E-state index contributed by atoms with van der Waals surface area (Å²) in [4.78, 5) is 28.7. The van der Waals surface area contributed by atoms with Crippen LogP contribution in [-0.4, -0.2) is 62.7 Å². The molecule has 1 aromatic carbocycles. The number of benzene rings is 1. The van der Waals surface area contributed by atoms with E-state index in [1.807, 2.05) is 48.9 Å². The molecule has 1 aliphatic rings. The summed E-state index contributed by atoms with van der Waals surface area (Å²) in [5.41, 5.74) is 4.39. The summed E-state index contributed by atoms with van der Waals surface area (Å²) in [7, 11) is 0. The van der Waals surface area contributed by atoms with E-state index < -0.39 is 0 Å². The first-order valence-corrected chi connectivity index (χ1v) is 11.2. The van der Waals surface area contributed by atoms with Gasteiger partial charge in [-0.2, -0.15) is 5.10 Å². The maximum absolute atomic E-state index is 12.7. The molecule has 0 saturated carbocycles. The third kappa shape index (κ3) is 5.01. The minimum atomic E-state index is -0.199. The van der Waals surface area contributed by atoms with Crippen LogP contribution in [0.25, 0.3) is 6.08 Å². The number of halogens is 1. The standard InChI is InChI=1S/C24H26ClN5O3/c1-16-14-22(33-27-16)24(32)29-12-10-28(11-13-29)23(31)9-8-20-17(2)26-30(18(20)3)15-19-6-4-5-7-21(19)25/h4-9,14H,10-13,15H2,1-3H3/b9-8+. The Morgan fingerprint density at radius 3 is 2.45 bits per heavy atom. The number of rotatable bonds is 5. The third-order valence-electron chi connectivity index (χ3n) is 5.83. The lowest BCUT2D eigenvalue weighted by Crippen LogP contribution is -2.50. The molecule has 0 radical (unpaired) electrons. The molecule has 33 heavy (non-hydrogen) atoms. The molecular formula is C24H26ClN5O3. The van der Waals surface area contributed by atoms with E-state index in [4.69, 9.17) is 16.1 Å². The Labute approximate surface area is 197 Å². The first-order valence-electron chi connectivity index (χ1n) is 10.8. The largest absolute Gasteiger partial charge is 0.351 e. The molecule has 0 aliphatic carbocycles. The highest BCUT2D eigenvalue weighted by atomic mass is 35.5. The van der Waals surface area contributed by atoms with Crippen LogP contribution in [0.3, 0.4) is 0 Å². The lowest BCUT2D eigenvalue weighted by Gasteiger charge is -2.33. The lowest BCUT2D eigenvalue weighted by atomic mass is 10.1. The molecular weight excluding hydrogens is 442 g/mol. The van der Waals surface area contributed by atoms with Gasteiger partial charge >= 0.3 is 0 Å². The average molecular weight is 468 g/mol. The second kappa shape index (κ2) is 9.62. The van der Waals surface area contributed by atoms with Gasteiger partial charge in [0.05, 0.1) is 17.9 Å². The molecule has 4 rings (SSSR count). The van der Waals surface area contributed by atoms with E-state index in [2.05, 4.69) is 10.3 Å². The number of aromatic nitrogens is 3. The number of carbonyl (C=O) groups is 2. The van der Waals surface area contributed by atoms with Crippen molar-refractivity contribution in [2.75, 3.05) is 26.2 Å². The van der Waals surface area contributed by atoms with Crippen molar-refractivity contribution in [1.29, 1.82) is 0 Å². The van der Waals surface area contributed by atoms with E-state index in [0.29, 0.717) is 43.4 Å². The highest BCUT2D eigenvalue weighted by molar-refractivity contribution is 6.31. The molecule has 0 bridgehead atoms. The smallest absolute Gasteiger partial charge is 0.292 e. The number of nitrogens with zero attached hydrogens (tertiary/aromatic N) is 5. The summed E-state index contributed by atoms with van der Waals surface area (Å²) in [5.74, 6) is -0.0578. The van der Waals surface area contributed by atoms with Gasteiger partial charge in [-0.1, -0.05) is 35.0 Å². The summed E-state index contributed by atoms with van der Waals surface area (Å²) in [6, 6.07) is 9.32. The summed E-state index contributed by atoms with van der Waals surface area (Å²) in [5, 5.41) is 9.09. The number of piperazine rings is 1. The molecule has 0 unspecified atom stereocenters. The van der Waals surface area contributed by atoms with Crippen molar-refractivity contribution < 1.29 is 14.1 Å². The van der Waals surface area contributed by atoms with Crippen molar-refractivity contribution in [3.05, 3.63) is 75.4 Å². The minimum absolute atomic E-state index is 0.0877. The molecule has 0 atom stereocenters. The molecule has 172 valence electrons. The van der Waals surface area contributed by atoms with Gasteiger partial charge in [-0.15, -0.1) is 0 Å². The molecule has 2 amide bonds. The summed E-state index contributed by atoms with van der Waals surface area (Å²) in [6.07, 6.45) is 3.39. The van der Waals surface area contributed by atoms with Crippen LogP contribution < -0.4 is 0 Å². The molecule has 1 saturated heterocycles. The predicted octanol–water partition coefficient (Wildman–Crippen LogP) is 3.50. The van der Waals surface area contributed by atoms with Crippen molar-refractivity contribution in [2.45, 2.75) is 27.3 Å². The van der Waals surface area contributed by atoms with Crippen LogP contribution in [0.2, 0.25) is 5.02 Å². The van der Waals surface area contributed by atoms with E-state index in [-0.39, 0.29) is 17.6 Å². The number of aryl methyl sites for hydroxylation is 2. The maximum atomic E-state index is 12.7. The number of hydrogen-bond acceptors (Lipinski definition) is 5. The molecule has 2 aromatic heterocycles. The normalized spacial score (nSPS) is 14.3. The van der Waals surface area contributed by atoms with Crippen molar-refractivity contribution in [1.82, 2.24) is 24.7 Å². The van der Waals surface area contributed by atoms with Crippen molar-refractivity contribution in [3.63, 3.8) is 0 Å². The molecule has 0 N–H and O–H groups in total. The predicted molar refractivity (Wildman–Crippen MR) is 125 cm³/mol. The van der Waals surface area contributed by atoms with Gasteiger partial charge in [-0.25, -0.2) is 0 Å². The van der Waals surface area contributed by atoms with Crippen LogP contribution in [0.5, 0.6) is 0 Å². The van der Waals surface area contributed by atoms with Crippen LogP contribution in [0.1, 0.15) is 38.8 Å². The molecule has 0 spiro atoms. The van der Waals surface area contributed by atoms with Gasteiger partial charge in [0.15, 0.2) is 0 Å². The van der Waals surface area contributed by atoms with E-state index in [1.165, 1.54) is 0 Å². The monoisotopic (exact) mass is 467 g/mol. The highest BCUT2D eigenvalue weighted by Gasteiger charge is 2.26. The Balaban J connectivity index is 1.38. The summed E-state index contributed by atoms with van der Waals surface area (Å²) < 4.78 is 6.96. The molecule has 3 heterocycles. The van der Waals surface area contributed by atoms with Gasteiger partial charge in [0.25, 0.3) is 5.91 Å². The fourth-order valence-electron chi connectivity index (χ4n) is 3.90. The van der Waals surface area contributed by atoms with E-state index in [0.717, 1.165) is 22.5 Å². The maximum Gasteiger partial charge on any atom is 0.292 e. The molecule has 9 heteroatoms. The Kier molecular flexibility index (Phi) is 6.65. The zero-order valence-electron chi connectivity index (χ0n) is 18.9. The van der Waals surface area contributed by atoms with Gasteiger partial charge in [-0.3, -0.25) is 14.3 Å². The van der Waals surface area contributed by atoms with E-state index >= 15 is 0 Å². The fraction of sp³-hybridized carbons (Fsp3) is 0.333. The minimum Gasteiger partial charge on any atom is -0.351 e.